The fraction of sp³-hybridized carbons (Fsp3) is 0.538. The highest BCUT2D eigenvalue weighted by Gasteiger charge is 2.15. The van der Waals surface area contributed by atoms with E-state index in [1.54, 1.807) is 0 Å². The molecule has 0 unspecified atom stereocenters. The molecule has 92 valence electrons. The van der Waals surface area contributed by atoms with E-state index in [1.807, 2.05) is 6.07 Å². The van der Waals surface area contributed by atoms with Gasteiger partial charge in [0.1, 0.15) is 0 Å². The van der Waals surface area contributed by atoms with Gasteiger partial charge in [0.15, 0.2) is 11.5 Å². The number of hydrogen-bond acceptors (Lipinski definition) is 4. The third-order valence-corrected chi connectivity index (χ3v) is 3.33. The van der Waals surface area contributed by atoms with Crippen LogP contribution in [0.1, 0.15) is 5.56 Å². The van der Waals surface area contributed by atoms with Crippen LogP contribution in [0.15, 0.2) is 18.2 Å². The minimum Gasteiger partial charge on any atom is -0.454 e. The summed E-state index contributed by atoms with van der Waals surface area (Å²) in [4.78, 5) is 0. The van der Waals surface area contributed by atoms with Crippen LogP contribution in [0.4, 0.5) is 0 Å². The molecule has 4 nitrogen and oxygen atoms in total. The van der Waals surface area contributed by atoms with Crippen molar-refractivity contribution in [1.29, 1.82) is 0 Å². The molecule has 1 saturated heterocycles. The molecule has 4 heteroatoms. The van der Waals surface area contributed by atoms with Crippen LogP contribution < -0.4 is 20.1 Å². The molecule has 2 heterocycles. The molecule has 0 spiro atoms. The van der Waals surface area contributed by atoms with Crippen molar-refractivity contribution in [3.05, 3.63) is 23.8 Å². The monoisotopic (exact) mass is 234 g/mol. The second kappa shape index (κ2) is 4.94. The van der Waals surface area contributed by atoms with E-state index in [4.69, 9.17) is 9.47 Å². The van der Waals surface area contributed by atoms with E-state index in [-0.39, 0.29) is 0 Å². The average molecular weight is 234 g/mol. The zero-order chi connectivity index (χ0) is 11.5. The van der Waals surface area contributed by atoms with Gasteiger partial charge in [0.2, 0.25) is 6.79 Å². The summed E-state index contributed by atoms with van der Waals surface area (Å²) in [6, 6.07) is 6.18. The second-order valence-corrected chi connectivity index (χ2v) is 4.67. The molecule has 1 fully saturated rings. The maximum absolute atomic E-state index is 5.36. The molecule has 0 aliphatic carbocycles. The number of ether oxygens (including phenoxy) is 2. The predicted octanol–water partition coefficient (Wildman–Crippen LogP) is 0.767. The molecule has 2 aliphatic rings. The standard InChI is InChI=1S/C13H18N2O2/c1-2-12-13(17-9-16-12)5-10(1)3-4-14-6-11-7-15-8-11/h1-2,5,11,14-15H,3-4,6-9H2. The summed E-state index contributed by atoms with van der Waals surface area (Å²) >= 11 is 0. The van der Waals surface area contributed by atoms with Gasteiger partial charge in [-0.2, -0.15) is 0 Å². The summed E-state index contributed by atoms with van der Waals surface area (Å²) < 4.78 is 10.6. The van der Waals surface area contributed by atoms with Crippen molar-refractivity contribution < 1.29 is 9.47 Å². The van der Waals surface area contributed by atoms with Crippen LogP contribution in [0.25, 0.3) is 0 Å². The molecule has 2 N–H and O–H groups in total. The molecule has 0 bridgehead atoms. The smallest absolute Gasteiger partial charge is 0.231 e. The van der Waals surface area contributed by atoms with Crippen LogP contribution in [0.2, 0.25) is 0 Å². The number of fused-ring (bicyclic) bond motifs is 1. The Morgan fingerprint density at radius 3 is 2.94 bits per heavy atom. The van der Waals surface area contributed by atoms with E-state index >= 15 is 0 Å². The van der Waals surface area contributed by atoms with Crippen molar-refractivity contribution in [2.75, 3.05) is 33.0 Å². The minimum atomic E-state index is 0.353. The number of nitrogens with one attached hydrogen (secondary N) is 2. The lowest BCUT2D eigenvalue weighted by atomic mass is 10.0. The maximum Gasteiger partial charge on any atom is 0.231 e. The fourth-order valence-corrected chi connectivity index (χ4v) is 2.13. The van der Waals surface area contributed by atoms with E-state index in [9.17, 15) is 0 Å². The summed E-state index contributed by atoms with van der Waals surface area (Å²) in [6.07, 6.45) is 1.04. The Morgan fingerprint density at radius 1 is 1.24 bits per heavy atom. The topological polar surface area (TPSA) is 42.5 Å². The molecule has 0 amide bonds. The van der Waals surface area contributed by atoms with Gasteiger partial charge in [-0.05, 0) is 36.6 Å². The number of benzene rings is 1. The lowest BCUT2D eigenvalue weighted by molar-refractivity contribution is 0.174. The summed E-state index contributed by atoms with van der Waals surface area (Å²) in [6.45, 7) is 4.83. The maximum atomic E-state index is 5.36. The molecule has 0 atom stereocenters. The van der Waals surface area contributed by atoms with Gasteiger partial charge in [-0.25, -0.2) is 0 Å². The van der Waals surface area contributed by atoms with Crippen LogP contribution >= 0.6 is 0 Å². The first-order valence-corrected chi connectivity index (χ1v) is 6.22. The molecule has 0 saturated carbocycles. The van der Waals surface area contributed by atoms with Gasteiger partial charge < -0.3 is 20.1 Å². The Bertz CT molecular complexity index is 391. The van der Waals surface area contributed by atoms with Gasteiger partial charge >= 0.3 is 0 Å². The van der Waals surface area contributed by atoms with Gasteiger partial charge in [-0.3, -0.25) is 0 Å². The van der Waals surface area contributed by atoms with Gasteiger partial charge in [-0.1, -0.05) is 6.07 Å². The predicted molar refractivity (Wildman–Crippen MR) is 65.5 cm³/mol. The Labute approximate surface area is 101 Å². The van der Waals surface area contributed by atoms with E-state index in [1.165, 1.54) is 5.56 Å². The third kappa shape index (κ3) is 2.53. The van der Waals surface area contributed by atoms with Gasteiger partial charge in [0, 0.05) is 19.6 Å². The number of rotatable bonds is 5. The first-order chi connectivity index (χ1) is 8.42. The SMILES string of the molecule is c1cc2c(cc1CCNCC1CNC1)OCO2. The molecule has 17 heavy (non-hydrogen) atoms. The van der Waals surface area contributed by atoms with Gasteiger partial charge in [0.25, 0.3) is 0 Å². The van der Waals surface area contributed by atoms with E-state index < -0.39 is 0 Å². The Hall–Kier alpha value is -1.26. The van der Waals surface area contributed by atoms with Crippen molar-refractivity contribution >= 4 is 0 Å². The number of hydrogen-bond donors (Lipinski definition) is 2. The van der Waals surface area contributed by atoms with Crippen LogP contribution in [0.3, 0.4) is 0 Å². The second-order valence-electron chi connectivity index (χ2n) is 4.67. The van der Waals surface area contributed by atoms with E-state index in [2.05, 4.69) is 22.8 Å². The van der Waals surface area contributed by atoms with Crippen LogP contribution in [0.5, 0.6) is 11.5 Å². The molecular formula is C13H18N2O2. The van der Waals surface area contributed by atoms with Crippen LogP contribution in [-0.4, -0.2) is 33.0 Å². The van der Waals surface area contributed by atoms with Gasteiger partial charge in [-0.15, -0.1) is 0 Å². The molecule has 2 aliphatic heterocycles. The van der Waals surface area contributed by atoms with Crippen molar-refractivity contribution in [2.24, 2.45) is 5.92 Å². The average Bonchev–Trinajstić information content (AvgIpc) is 2.73. The van der Waals surface area contributed by atoms with Crippen LogP contribution in [0, 0.1) is 5.92 Å². The summed E-state index contributed by atoms with van der Waals surface area (Å²) in [5.74, 6) is 2.57. The Kier molecular flexibility index (Phi) is 3.16. The lowest BCUT2D eigenvalue weighted by Crippen LogP contribution is -2.47. The van der Waals surface area contributed by atoms with Crippen molar-refractivity contribution in [3.63, 3.8) is 0 Å². The van der Waals surface area contributed by atoms with E-state index in [0.29, 0.717) is 6.79 Å². The Balaban J connectivity index is 1.44. The summed E-state index contributed by atoms with van der Waals surface area (Å²) in [5, 5.41) is 6.77. The molecule has 1 aromatic rings. The zero-order valence-corrected chi connectivity index (χ0v) is 9.87. The summed E-state index contributed by atoms with van der Waals surface area (Å²) in [5.41, 5.74) is 1.30. The lowest BCUT2D eigenvalue weighted by Gasteiger charge is -2.27. The fourth-order valence-electron chi connectivity index (χ4n) is 2.13. The molecule has 1 aromatic carbocycles. The normalized spacial score (nSPS) is 18.1. The van der Waals surface area contributed by atoms with Crippen molar-refractivity contribution in [1.82, 2.24) is 10.6 Å². The Morgan fingerprint density at radius 2 is 2.12 bits per heavy atom. The quantitative estimate of drug-likeness (QED) is 0.738. The molecule has 0 radical (unpaired) electrons. The third-order valence-electron chi connectivity index (χ3n) is 3.33. The molecule has 3 rings (SSSR count). The highest BCUT2D eigenvalue weighted by Crippen LogP contribution is 2.32. The zero-order valence-electron chi connectivity index (χ0n) is 9.87. The van der Waals surface area contributed by atoms with E-state index in [0.717, 1.165) is 50.0 Å². The minimum absolute atomic E-state index is 0.353. The highest BCUT2D eigenvalue weighted by molar-refractivity contribution is 5.44. The first-order valence-electron chi connectivity index (χ1n) is 6.22. The largest absolute Gasteiger partial charge is 0.454 e. The molecular weight excluding hydrogens is 216 g/mol. The summed E-state index contributed by atoms with van der Waals surface area (Å²) in [7, 11) is 0. The van der Waals surface area contributed by atoms with Gasteiger partial charge in [0.05, 0.1) is 0 Å². The van der Waals surface area contributed by atoms with Crippen molar-refractivity contribution in [3.8, 4) is 11.5 Å². The van der Waals surface area contributed by atoms with Crippen LogP contribution in [-0.2, 0) is 6.42 Å². The highest BCUT2D eigenvalue weighted by atomic mass is 16.7. The molecule has 0 aromatic heterocycles. The van der Waals surface area contributed by atoms with Crippen molar-refractivity contribution in [2.45, 2.75) is 6.42 Å². The first kappa shape index (κ1) is 10.9.